The molecular formula is C13H13N3O3. The molecule has 2 aromatic rings. The Labute approximate surface area is 109 Å². The van der Waals surface area contributed by atoms with Crippen LogP contribution in [-0.2, 0) is 0 Å². The Morgan fingerprint density at radius 2 is 2.11 bits per heavy atom. The normalized spacial score (nSPS) is 9.95. The van der Waals surface area contributed by atoms with Crippen molar-refractivity contribution in [2.75, 3.05) is 11.9 Å². The summed E-state index contributed by atoms with van der Waals surface area (Å²) in [4.78, 5) is 29.3. The molecule has 1 aromatic carbocycles. The van der Waals surface area contributed by atoms with E-state index in [0.29, 0.717) is 12.3 Å². The SMILES string of the molecule is CCOc1ccc(NC(=O)c2cnc[nH]c2=O)cc1. The number of hydrogen-bond donors (Lipinski definition) is 2. The van der Waals surface area contributed by atoms with Crippen LogP contribution in [0.15, 0.2) is 41.6 Å². The minimum Gasteiger partial charge on any atom is -0.494 e. The number of hydrogen-bond acceptors (Lipinski definition) is 4. The average molecular weight is 259 g/mol. The highest BCUT2D eigenvalue weighted by atomic mass is 16.5. The summed E-state index contributed by atoms with van der Waals surface area (Å²) >= 11 is 0. The lowest BCUT2D eigenvalue weighted by Crippen LogP contribution is -2.23. The number of aromatic amines is 1. The van der Waals surface area contributed by atoms with E-state index in [1.165, 1.54) is 12.5 Å². The van der Waals surface area contributed by atoms with E-state index < -0.39 is 11.5 Å². The van der Waals surface area contributed by atoms with E-state index in [1.54, 1.807) is 24.3 Å². The van der Waals surface area contributed by atoms with Crippen molar-refractivity contribution in [2.24, 2.45) is 0 Å². The Morgan fingerprint density at radius 3 is 2.74 bits per heavy atom. The minimum absolute atomic E-state index is 0.0311. The van der Waals surface area contributed by atoms with E-state index in [9.17, 15) is 9.59 Å². The first-order chi connectivity index (χ1) is 9.20. The Morgan fingerprint density at radius 1 is 1.37 bits per heavy atom. The fourth-order valence-electron chi connectivity index (χ4n) is 1.51. The molecule has 19 heavy (non-hydrogen) atoms. The number of ether oxygens (including phenoxy) is 1. The average Bonchev–Trinajstić information content (AvgIpc) is 2.42. The van der Waals surface area contributed by atoms with Crippen molar-refractivity contribution < 1.29 is 9.53 Å². The zero-order chi connectivity index (χ0) is 13.7. The maximum absolute atomic E-state index is 11.8. The van der Waals surface area contributed by atoms with E-state index in [4.69, 9.17) is 4.74 Å². The Kier molecular flexibility index (Phi) is 3.92. The van der Waals surface area contributed by atoms with Gasteiger partial charge < -0.3 is 15.0 Å². The molecule has 2 N–H and O–H groups in total. The number of nitrogens with one attached hydrogen (secondary N) is 2. The smallest absolute Gasteiger partial charge is 0.263 e. The lowest BCUT2D eigenvalue weighted by atomic mass is 10.2. The molecule has 98 valence electrons. The third-order valence-electron chi connectivity index (χ3n) is 2.39. The first-order valence-electron chi connectivity index (χ1n) is 5.77. The van der Waals surface area contributed by atoms with Gasteiger partial charge in [-0.1, -0.05) is 0 Å². The van der Waals surface area contributed by atoms with Gasteiger partial charge in [0.15, 0.2) is 0 Å². The van der Waals surface area contributed by atoms with Crippen LogP contribution < -0.4 is 15.6 Å². The molecule has 0 aliphatic heterocycles. The zero-order valence-electron chi connectivity index (χ0n) is 10.3. The van der Waals surface area contributed by atoms with E-state index in [0.717, 1.165) is 5.75 Å². The molecule has 0 aliphatic carbocycles. The molecule has 0 aliphatic rings. The van der Waals surface area contributed by atoms with E-state index in [2.05, 4.69) is 15.3 Å². The standard InChI is InChI=1S/C13H13N3O3/c1-2-19-10-5-3-9(4-6-10)16-13(18)11-7-14-8-15-12(11)17/h3-8H,2H2,1H3,(H,16,18)(H,14,15,17). The Hall–Kier alpha value is -2.63. The molecule has 0 radical (unpaired) electrons. The number of nitrogens with zero attached hydrogens (tertiary/aromatic N) is 1. The van der Waals surface area contributed by atoms with Gasteiger partial charge in [0.2, 0.25) is 0 Å². The van der Waals surface area contributed by atoms with Crippen LogP contribution in [-0.4, -0.2) is 22.5 Å². The van der Waals surface area contributed by atoms with Crippen LogP contribution in [0.1, 0.15) is 17.3 Å². The second-order valence-corrected chi connectivity index (χ2v) is 3.71. The largest absolute Gasteiger partial charge is 0.494 e. The summed E-state index contributed by atoms with van der Waals surface area (Å²) in [5, 5.41) is 2.61. The fourth-order valence-corrected chi connectivity index (χ4v) is 1.51. The first kappa shape index (κ1) is 12.8. The summed E-state index contributed by atoms with van der Waals surface area (Å²) in [6.07, 6.45) is 2.46. The minimum atomic E-state index is -0.501. The molecule has 6 nitrogen and oxygen atoms in total. The topological polar surface area (TPSA) is 84.1 Å². The monoisotopic (exact) mass is 259 g/mol. The molecule has 1 amide bonds. The number of amides is 1. The quantitative estimate of drug-likeness (QED) is 0.869. The molecule has 1 aromatic heterocycles. The molecule has 2 rings (SSSR count). The molecule has 0 spiro atoms. The summed E-state index contributed by atoms with van der Waals surface area (Å²) in [6.45, 7) is 2.47. The summed E-state index contributed by atoms with van der Waals surface area (Å²) < 4.78 is 5.29. The number of carbonyl (C=O) groups excluding carboxylic acids is 1. The first-order valence-corrected chi connectivity index (χ1v) is 5.77. The van der Waals surface area contributed by atoms with Crippen LogP contribution in [0.2, 0.25) is 0 Å². The lowest BCUT2D eigenvalue weighted by Gasteiger charge is -2.06. The van der Waals surface area contributed by atoms with E-state index in [-0.39, 0.29) is 5.56 Å². The molecule has 0 unspecified atom stereocenters. The van der Waals surface area contributed by atoms with Crippen molar-refractivity contribution in [1.82, 2.24) is 9.97 Å². The van der Waals surface area contributed by atoms with Gasteiger partial charge in [-0.05, 0) is 31.2 Å². The van der Waals surface area contributed by atoms with Gasteiger partial charge in [0.25, 0.3) is 11.5 Å². The summed E-state index contributed by atoms with van der Waals surface area (Å²) in [5.74, 6) is 0.221. The molecule has 0 fully saturated rings. The van der Waals surface area contributed by atoms with Crippen molar-refractivity contribution in [3.8, 4) is 5.75 Å². The number of rotatable bonds is 4. The van der Waals surface area contributed by atoms with Gasteiger partial charge in [-0.2, -0.15) is 0 Å². The molecule has 0 saturated carbocycles. The Balaban J connectivity index is 2.11. The van der Waals surface area contributed by atoms with Crippen LogP contribution in [0.3, 0.4) is 0 Å². The Bertz CT molecular complexity index is 620. The summed E-state index contributed by atoms with van der Waals surface area (Å²) in [7, 11) is 0. The second-order valence-electron chi connectivity index (χ2n) is 3.71. The molecular weight excluding hydrogens is 246 g/mol. The highest BCUT2D eigenvalue weighted by Gasteiger charge is 2.10. The predicted octanol–water partition coefficient (Wildman–Crippen LogP) is 1.42. The maximum Gasteiger partial charge on any atom is 0.263 e. The van der Waals surface area contributed by atoms with Crippen molar-refractivity contribution >= 4 is 11.6 Å². The van der Waals surface area contributed by atoms with Crippen molar-refractivity contribution in [3.05, 3.63) is 52.7 Å². The van der Waals surface area contributed by atoms with Crippen LogP contribution in [0.5, 0.6) is 5.75 Å². The lowest BCUT2D eigenvalue weighted by molar-refractivity contribution is 0.102. The second kappa shape index (κ2) is 5.81. The zero-order valence-corrected chi connectivity index (χ0v) is 10.3. The van der Waals surface area contributed by atoms with Crippen molar-refractivity contribution in [3.63, 3.8) is 0 Å². The van der Waals surface area contributed by atoms with Crippen LogP contribution in [0.4, 0.5) is 5.69 Å². The van der Waals surface area contributed by atoms with Crippen LogP contribution >= 0.6 is 0 Å². The van der Waals surface area contributed by atoms with Gasteiger partial charge >= 0.3 is 0 Å². The number of benzene rings is 1. The third-order valence-corrected chi connectivity index (χ3v) is 2.39. The third kappa shape index (κ3) is 3.19. The molecule has 0 atom stereocenters. The van der Waals surface area contributed by atoms with E-state index in [1.807, 2.05) is 6.92 Å². The molecule has 1 heterocycles. The predicted molar refractivity (Wildman–Crippen MR) is 70.4 cm³/mol. The van der Waals surface area contributed by atoms with Gasteiger partial charge in [0.05, 0.1) is 12.9 Å². The van der Waals surface area contributed by atoms with Gasteiger partial charge in [-0.25, -0.2) is 4.98 Å². The van der Waals surface area contributed by atoms with Crippen LogP contribution in [0, 0.1) is 0 Å². The van der Waals surface area contributed by atoms with Gasteiger partial charge in [0.1, 0.15) is 11.3 Å². The molecule has 0 saturated heterocycles. The number of carbonyl (C=O) groups is 1. The van der Waals surface area contributed by atoms with E-state index >= 15 is 0 Å². The number of aromatic nitrogens is 2. The van der Waals surface area contributed by atoms with Gasteiger partial charge in [0, 0.05) is 11.9 Å². The van der Waals surface area contributed by atoms with Gasteiger partial charge in [-0.15, -0.1) is 0 Å². The van der Waals surface area contributed by atoms with Crippen molar-refractivity contribution in [1.29, 1.82) is 0 Å². The number of H-pyrrole nitrogens is 1. The van der Waals surface area contributed by atoms with Crippen LogP contribution in [0.25, 0.3) is 0 Å². The fraction of sp³-hybridized carbons (Fsp3) is 0.154. The summed E-state index contributed by atoms with van der Waals surface area (Å²) in [5.41, 5.74) is 0.0755. The highest BCUT2D eigenvalue weighted by molar-refractivity contribution is 6.03. The summed E-state index contributed by atoms with van der Waals surface area (Å²) in [6, 6.07) is 6.89. The molecule has 6 heteroatoms. The maximum atomic E-state index is 11.8. The number of anilines is 1. The molecule has 0 bridgehead atoms. The highest BCUT2D eigenvalue weighted by Crippen LogP contribution is 2.15. The van der Waals surface area contributed by atoms with Gasteiger partial charge in [-0.3, -0.25) is 9.59 Å². The van der Waals surface area contributed by atoms with Crippen molar-refractivity contribution in [2.45, 2.75) is 6.92 Å².